The molecule has 3 rings (SSSR count). The number of hydrogen-bond donors (Lipinski definition) is 1. The van der Waals surface area contributed by atoms with Gasteiger partial charge in [-0.1, -0.05) is 12.8 Å². The molecule has 132 valence electrons. The Kier molecular flexibility index (Phi) is 6.28. The third kappa shape index (κ3) is 4.89. The van der Waals surface area contributed by atoms with Crippen LogP contribution >= 0.6 is 0 Å². The van der Waals surface area contributed by atoms with Crippen LogP contribution in [0.1, 0.15) is 25.7 Å². The molecule has 0 radical (unpaired) electrons. The van der Waals surface area contributed by atoms with Crippen molar-refractivity contribution >= 4 is 5.97 Å². The first-order valence-corrected chi connectivity index (χ1v) is 9.21. The van der Waals surface area contributed by atoms with Crippen molar-refractivity contribution in [2.75, 3.05) is 65.6 Å². The number of carbonyl (C=O) groups is 1. The molecule has 0 aromatic carbocycles. The molecule has 6 nitrogen and oxygen atoms in total. The molecule has 3 aliphatic rings. The second-order valence-corrected chi connectivity index (χ2v) is 7.22. The molecule has 2 aliphatic heterocycles. The van der Waals surface area contributed by atoms with Gasteiger partial charge >= 0.3 is 5.97 Å². The Labute approximate surface area is 139 Å². The summed E-state index contributed by atoms with van der Waals surface area (Å²) in [5.41, 5.74) is 0. The summed E-state index contributed by atoms with van der Waals surface area (Å²) in [4.78, 5) is 18.9. The van der Waals surface area contributed by atoms with Crippen LogP contribution in [0.4, 0.5) is 0 Å². The highest BCUT2D eigenvalue weighted by Gasteiger charge is 2.32. The molecule has 1 unspecified atom stereocenters. The van der Waals surface area contributed by atoms with Gasteiger partial charge in [-0.15, -0.1) is 0 Å². The van der Waals surface area contributed by atoms with Gasteiger partial charge in [0.25, 0.3) is 0 Å². The highest BCUT2D eigenvalue weighted by atomic mass is 16.5. The Hall–Kier alpha value is -0.690. The fourth-order valence-electron chi connectivity index (χ4n) is 4.17. The minimum Gasteiger partial charge on any atom is -0.481 e. The Bertz CT molecular complexity index is 381. The zero-order valence-corrected chi connectivity index (χ0v) is 14.2. The summed E-state index contributed by atoms with van der Waals surface area (Å²) in [6.07, 6.45) is 5.11. The molecule has 1 saturated carbocycles. The molecule has 0 aromatic rings. The largest absolute Gasteiger partial charge is 0.481 e. The molecule has 0 bridgehead atoms. The first-order valence-electron chi connectivity index (χ1n) is 9.21. The van der Waals surface area contributed by atoms with E-state index in [1.807, 2.05) is 0 Å². The summed E-state index contributed by atoms with van der Waals surface area (Å²) in [7, 11) is 0. The monoisotopic (exact) mass is 325 g/mol. The van der Waals surface area contributed by atoms with E-state index >= 15 is 0 Å². The lowest BCUT2D eigenvalue weighted by Crippen LogP contribution is -2.43. The average Bonchev–Trinajstić information content (AvgIpc) is 3.01. The molecule has 2 heterocycles. The van der Waals surface area contributed by atoms with Crippen molar-refractivity contribution in [1.29, 1.82) is 0 Å². The van der Waals surface area contributed by atoms with Crippen molar-refractivity contribution in [2.45, 2.75) is 31.7 Å². The lowest BCUT2D eigenvalue weighted by Gasteiger charge is -2.30. The van der Waals surface area contributed by atoms with Gasteiger partial charge in [0.2, 0.25) is 0 Å². The summed E-state index contributed by atoms with van der Waals surface area (Å²) in [6.45, 7) is 9.12. The van der Waals surface area contributed by atoms with Crippen LogP contribution in [-0.2, 0) is 9.53 Å². The van der Waals surface area contributed by atoms with Gasteiger partial charge in [-0.3, -0.25) is 19.5 Å². The van der Waals surface area contributed by atoms with E-state index in [4.69, 9.17) is 4.74 Å². The fourth-order valence-corrected chi connectivity index (χ4v) is 4.17. The standard InChI is InChI=1S/C17H31N3O3/c21-17(22)15-13-19(6-5-18-9-11-23-12-10-18)7-8-20(14-15)16-3-1-2-4-16/h15-16H,1-14H2,(H,21,22). The third-order valence-electron chi connectivity index (χ3n) is 5.66. The molecule has 2 saturated heterocycles. The predicted octanol–water partition coefficient (Wildman–Crippen LogP) is 0.580. The first-order chi connectivity index (χ1) is 11.2. The zero-order chi connectivity index (χ0) is 16.1. The maximum atomic E-state index is 11.6. The van der Waals surface area contributed by atoms with Crippen molar-refractivity contribution in [3.63, 3.8) is 0 Å². The molecule has 0 spiro atoms. The maximum absolute atomic E-state index is 11.6. The van der Waals surface area contributed by atoms with Crippen LogP contribution in [0.5, 0.6) is 0 Å². The quantitative estimate of drug-likeness (QED) is 0.798. The van der Waals surface area contributed by atoms with Gasteiger partial charge in [-0.25, -0.2) is 0 Å². The van der Waals surface area contributed by atoms with Crippen molar-refractivity contribution in [3.05, 3.63) is 0 Å². The Balaban J connectivity index is 1.52. The number of rotatable bonds is 5. The smallest absolute Gasteiger partial charge is 0.309 e. The van der Waals surface area contributed by atoms with Crippen LogP contribution in [0.25, 0.3) is 0 Å². The Morgan fingerprint density at radius 2 is 1.65 bits per heavy atom. The predicted molar refractivity (Wildman–Crippen MR) is 88.7 cm³/mol. The van der Waals surface area contributed by atoms with Crippen LogP contribution in [0, 0.1) is 5.92 Å². The van der Waals surface area contributed by atoms with Crippen molar-refractivity contribution < 1.29 is 14.6 Å². The molecule has 23 heavy (non-hydrogen) atoms. The molecule has 1 atom stereocenters. The van der Waals surface area contributed by atoms with Gasteiger partial charge in [0.1, 0.15) is 0 Å². The average molecular weight is 325 g/mol. The van der Waals surface area contributed by atoms with Crippen LogP contribution in [-0.4, -0.2) is 97.4 Å². The van der Waals surface area contributed by atoms with E-state index in [0.717, 1.165) is 59.0 Å². The van der Waals surface area contributed by atoms with E-state index in [-0.39, 0.29) is 5.92 Å². The van der Waals surface area contributed by atoms with E-state index in [9.17, 15) is 9.90 Å². The zero-order valence-electron chi connectivity index (χ0n) is 14.2. The molecule has 3 fully saturated rings. The van der Waals surface area contributed by atoms with Crippen molar-refractivity contribution in [2.24, 2.45) is 5.92 Å². The fraction of sp³-hybridized carbons (Fsp3) is 0.941. The van der Waals surface area contributed by atoms with Crippen LogP contribution in [0.3, 0.4) is 0 Å². The lowest BCUT2D eigenvalue weighted by molar-refractivity contribution is -0.142. The minimum absolute atomic E-state index is 0.247. The van der Waals surface area contributed by atoms with Gasteiger partial charge in [0, 0.05) is 58.4 Å². The first kappa shape index (κ1) is 17.1. The number of carboxylic acid groups (broad SMARTS) is 1. The number of aliphatic carboxylic acids is 1. The highest BCUT2D eigenvalue weighted by Crippen LogP contribution is 2.25. The molecule has 0 aromatic heterocycles. The number of carboxylic acids is 1. The number of morpholine rings is 1. The van der Waals surface area contributed by atoms with E-state index in [1.54, 1.807) is 0 Å². The van der Waals surface area contributed by atoms with E-state index in [2.05, 4.69) is 14.7 Å². The van der Waals surface area contributed by atoms with Gasteiger partial charge < -0.3 is 9.84 Å². The summed E-state index contributed by atoms with van der Waals surface area (Å²) in [5, 5.41) is 9.58. The molecule has 6 heteroatoms. The third-order valence-corrected chi connectivity index (χ3v) is 5.66. The lowest BCUT2D eigenvalue weighted by atomic mass is 10.1. The van der Waals surface area contributed by atoms with Crippen molar-refractivity contribution in [1.82, 2.24) is 14.7 Å². The Morgan fingerprint density at radius 3 is 2.35 bits per heavy atom. The van der Waals surface area contributed by atoms with Crippen LogP contribution in [0.15, 0.2) is 0 Å². The number of ether oxygens (including phenoxy) is 1. The summed E-state index contributed by atoms with van der Waals surface area (Å²) in [6, 6.07) is 0.621. The SMILES string of the molecule is O=C(O)C1CN(CCN2CCOCC2)CCN(C2CCCC2)C1. The van der Waals surface area contributed by atoms with E-state index < -0.39 is 5.97 Å². The van der Waals surface area contributed by atoms with Crippen molar-refractivity contribution in [3.8, 4) is 0 Å². The number of nitrogens with zero attached hydrogens (tertiary/aromatic N) is 3. The molecule has 1 aliphatic carbocycles. The van der Waals surface area contributed by atoms with Crippen LogP contribution < -0.4 is 0 Å². The minimum atomic E-state index is -0.633. The highest BCUT2D eigenvalue weighted by molar-refractivity contribution is 5.70. The van der Waals surface area contributed by atoms with Gasteiger partial charge in [-0.2, -0.15) is 0 Å². The van der Waals surface area contributed by atoms with Gasteiger partial charge in [0.05, 0.1) is 19.1 Å². The molecular formula is C17H31N3O3. The second kappa shape index (κ2) is 8.42. The topological polar surface area (TPSA) is 56.3 Å². The van der Waals surface area contributed by atoms with Gasteiger partial charge in [0.15, 0.2) is 0 Å². The normalized spacial score (nSPS) is 29.7. The molecule has 1 N–H and O–H groups in total. The maximum Gasteiger partial charge on any atom is 0.309 e. The molecular weight excluding hydrogens is 294 g/mol. The van der Waals surface area contributed by atoms with Crippen LogP contribution in [0.2, 0.25) is 0 Å². The van der Waals surface area contributed by atoms with E-state index in [0.29, 0.717) is 12.6 Å². The molecule has 0 amide bonds. The van der Waals surface area contributed by atoms with E-state index in [1.165, 1.54) is 25.7 Å². The summed E-state index contributed by atoms with van der Waals surface area (Å²) in [5.74, 6) is -0.881. The Morgan fingerprint density at radius 1 is 0.957 bits per heavy atom. The second-order valence-electron chi connectivity index (χ2n) is 7.22. The summed E-state index contributed by atoms with van der Waals surface area (Å²) >= 11 is 0. The summed E-state index contributed by atoms with van der Waals surface area (Å²) < 4.78 is 5.39. The number of hydrogen-bond acceptors (Lipinski definition) is 5. The van der Waals surface area contributed by atoms with Gasteiger partial charge in [-0.05, 0) is 12.8 Å².